The summed E-state index contributed by atoms with van der Waals surface area (Å²) < 4.78 is 14.2. The molecule has 0 radical (unpaired) electrons. The Kier molecular flexibility index (Phi) is 5.62. The molecule has 2 heterocycles. The van der Waals surface area contributed by atoms with Gasteiger partial charge in [0.25, 0.3) is 5.56 Å². The van der Waals surface area contributed by atoms with Gasteiger partial charge in [0.1, 0.15) is 12.4 Å². The molecule has 1 fully saturated rings. The fourth-order valence-electron chi connectivity index (χ4n) is 3.16. The Bertz CT molecular complexity index is 875. The third kappa shape index (κ3) is 4.89. The van der Waals surface area contributed by atoms with Crippen molar-refractivity contribution in [1.29, 1.82) is 0 Å². The lowest BCUT2D eigenvalue weighted by Gasteiger charge is -2.33. The molecule has 1 unspecified atom stereocenters. The van der Waals surface area contributed by atoms with Gasteiger partial charge in [-0.2, -0.15) is 0 Å². The van der Waals surface area contributed by atoms with Crippen molar-refractivity contribution in [2.24, 2.45) is 0 Å². The van der Waals surface area contributed by atoms with E-state index in [1.54, 1.807) is 12.1 Å². The fourth-order valence-corrected chi connectivity index (χ4v) is 3.16. The van der Waals surface area contributed by atoms with Crippen molar-refractivity contribution in [3.8, 4) is 0 Å². The van der Waals surface area contributed by atoms with Gasteiger partial charge >= 0.3 is 5.69 Å². The van der Waals surface area contributed by atoms with Crippen molar-refractivity contribution in [3.05, 3.63) is 68.7 Å². The summed E-state index contributed by atoms with van der Waals surface area (Å²) in [6.07, 6.45) is 3.12. The van der Waals surface area contributed by atoms with Crippen LogP contribution in [0.1, 0.15) is 18.4 Å². The van der Waals surface area contributed by atoms with Crippen LogP contribution in [0.25, 0.3) is 0 Å². The van der Waals surface area contributed by atoms with Crippen LogP contribution in [-0.4, -0.2) is 39.5 Å². The lowest BCUT2D eigenvalue weighted by molar-refractivity contribution is -0.122. The fraction of sp³-hybridized carbons (Fsp3) is 0.389. The number of nitrogens with zero attached hydrogens (tertiary/aromatic N) is 2. The maximum atomic E-state index is 13.0. The molecule has 2 N–H and O–H groups in total. The molecule has 7 nitrogen and oxygen atoms in total. The van der Waals surface area contributed by atoms with E-state index in [9.17, 15) is 18.8 Å². The van der Waals surface area contributed by atoms with Gasteiger partial charge < -0.3 is 5.32 Å². The molecule has 2 aromatic rings. The number of carbonyl (C=O) groups is 1. The molecule has 138 valence electrons. The largest absolute Gasteiger partial charge is 0.351 e. The van der Waals surface area contributed by atoms with Crippen LogP contribution in [-0.2, 0) is 17.9 Å². The van der Waals surface area contributed by atoms with E-state index >= 15 is 0 Å². The number of rotatable bonds is 5. The van der Waals surface area contributed by atoms with Gasteiger partial charge in [-0.1, -0.05) is 12.1 Å². The predicted molar refractivity (Wildman–Crippen MR) is 94.2 cm³/mol. The SMILES string of the molecule is O=C(Cn1ccc(=O)[nH]c1=O)NC1CCCN(Cc2ccc(F)cc2)C1. The number of halogens is 1. The Morgan fingerprint density at radius 1 is 1.23 bits per heavy atom. The number of aromatic amines is 1. The highest BCUT2D eigenvalue weighted by Crippen LogP contribution is 2.14. The van der Waals surface area contributed by atoms with Gasteiger partial charge in [0.2, 0.25) is 5.91 Å². The lowest BCUT2D eigenvalue weighted by Crippen LogP contribution is -2.48. The average molecular weight is 360 g/mol. The van der Waals surface area contributed by atoms with Crippen LogP contribution in [0.3, 0.4) is 0 Å². The van der Waals surface area contributed by atoms with E-state index in [2.05, 4.69) is 15.2 Å². The standard InChI is InChI=1S/C18H21FN4O3/c19-14-5-3-13(4-6-14)10-22-8-1-2-15(11-22)20-17(25)12-23-9-7-16(24)21-18(23)26/h3-7,9,15H,1-2,8,10-12H2,(H,20,25)(H,21,24,26). The minimum atomic E-state index is -0.603. The van der Waals surface area contributed by atoms with Gasteiger partial charge in [-0.15, -0.1) is 0 Å². The van der Waals surface area contributed by atoms with Crippen LogP contribution < -0.4 is 16.6 Å². The Morgan fingerprint density at radius 2 is 2.00 bits per heavy atom. The Hall–Kier alpha value is -2.74. The summed E-state index contributed by atoms with van der Waals surface area (Å²) in [6.45, 7) is 2.18. The van der Waals surface area contributed by atoms with Gasteiger partial charge in [-0.3, -0.25) is 24.0 Å². The molecule has 1 saturated heterocycles. The van der Waals surface area contributed by atoms with Crippen molar-refractivity contribution < 1.29 is 9.18 Å². The monoisotopic (exact) mass is 360 g/mol. The van der Waals surface area contributed by atoms with Gasteiger partial charge in [0, 0.05) is 31.4 Å². The molecule has 1 aromatic carbocycles. The number of hydrogen-bond acceptors (Lipinski definition) is 4. The molecule has 1 aliphatic heterocycles. The van der Waals surface area contributed by atoms with E-state index in [0.717, 1.165) is 29.5 Å². The van der Waals surface area contributed by atoms with Crippen LogP contribution in [0.4, 0.5) is 4.39 Å². The number of likely N-dealkylation sites (tertiary alicyclic amines) is 1. The number of piperidine rings is 1. The van der Waals surface area contributed by atoms with Gasteiger partial charge in [-0.05, 0) is 37.1 Å². The molecule has 0 saturated carbocycles. The van der Waals surface area contributed by atoms with Crippen LogP contribution in [0, 0.1) is 5.82 Å². The number of hydrogen-bond donors (Lipinski definition) is 2. The van der Waals surface area contributed by atoms with E-state index in [4.69, 9.17) is 0 Å². The number of benzene rings is 1. The molecule has 3 rings (SSSR count). The zero-order valence-electron chi connectivity index (χ0n) is 14.3. The Labute approximate surface area is 149 Å². The Balaban J connectivity index is 1.54. The zero-order valence-corrected chi connectivity index (χ0v) is 14.3. The topological polar surface area (TPSA) is 87.2 Å². The van der Waals surface area contributed by atoms with Gasteiger partial charge in [0.15, 0.2) is 0 Å². The van der Waals surface area contributed by atoms with Gasteiger partial charge in [0.05, 0.1) is 0 Å². The summed E-state index contributed by atoms with van der Waals surface area (Å²) in [7, 11) is 0. The van der Waals surface area contributed by atoms with Crippen LogP contribution >= 0.6 is 0 Å². The second-order valence-electron chi connectivity index (χ2n) is 6.51. The molecule has 0 aliphatic carbocycles. The van der Waals surface area contributed by atoms with E-state index in [-0.39, 0.29) is 24.3 Å². The lowest BCUT2D eigenvalue weighted by atomic mass is 10.0. The van der Waals surface area contributed by atoms with Crippen molar-refractivity contribution in [3.63, 3.8) is 0 Å². The zero-order chi connectivity index (χ0) is 18.5. The minimum absolute atomic E-state index is 0.00448. The van der Waals surface area contributed by atoms with E-state index in [1.807, 2.05) is 0 Å². The maximum Gasteiger partial charge on any atom is 0.328 e. The summed E-state index contributed by atoms with van der Waals surface area (Å²) in [6, 6.07) is 7.62. The van der Waals surface area contributed by atoms with Crippen molar-refractivity contribution >= 4 is 5.91 Å². The molecule has 26 heavy (non-hydrogen) atoms. The molecule has 1 aromatic heterocycles. The normalized spacial score (nSPS) is 17.8. The second kappa shape index (κ2) is 8.09. The molecule has 0 bridgehead atoms. The maximum absolute atomic E-state index is 13.0. The number of nitrogens with one attached hydrogen (secondary N) is 2. The summed E-state index contributed by atoms with van der Waals surface area (Å²) in [4.78, 5) is 39.2. The first-order valence-electron chi connectivity index (χ1n) is 8.55. The third-order valence-corrected chi connectivity index (χ3v) is 4.40. The van der Waals surface area contributed by atoms with Gasteiger partial charge in [-0.25, -0.2) is 9.18 Å². The third-order valence-electron chi connectivity index (χ3n) is 4.40. The smallest absolute Gasteiger partial charge is 0.328 e. The van der Waals surface area contributed by atoms with Crippen molar-refractivity contribution in [1.82, 2.24) is 19.8 Å². The highest BCUT2D eigenvalue weighted by molar-refractivity contribution is 5.76. The summed E-state index contributed by atoms with van der Waals surface area (Å²) in [5, 5.41) is 2.94. The van der Waals surface area contributed by atoms with Crippen LogP contribution in [0.15, 0.2) is 46.1 Å². The van der Waals surface area contributed by atoms with E-state index in [0.29, 0.717) is 13.1 Å². The summed E-state index contributed by atoms with van der Waals surface area (Å²) in [5.41, 5.74) is -0.0669. The second-order valence-corrected chi connectivity index (χ2v) is 6.51. The average Bonchev–Trinajstić information content (AvgIpc) is 2.60. The van der Waals surface area contributed by atoms with Crippen molar-refractivity contribution in [2.45, 2.75) is 32.0 Å². The van der Waals surface area contributed by atoms with Crippen molar-refractivity contribution in [2.75, 3.05) is 13.1 Å². The first-order chi connectivity index (χ1) is 12.5. The Morgan fingerprint density at radius 3 is 2.73 bits per heavy atom. The quantitative estimate of drug-likeness (QED) is 0.811. The molecule has 0 spiro atoms. The molecular formula is C18H21FN4O3. The molecule has 1 amide bonds. The number of aromatic nitrogens is 2. The predicted octanol–water partition coefficient (Wildman–Crippen LogP) is 0.457. The van der Waals surface area contributed by atoms with Crippen LogP contribution in [0.5, 0.6) is 0 Å². The minimum Gasteiger partial charge on any atom is -0.351 e. The number of amides is 1. The number of H-pyrrole nitrogens is 1. The molecule has 1 aliphatic rings. The molecular weight excluding hydrogens is 339 g/mol. The molecule has 8 heteroatoms. The highest BCUT2D eigenvalue weighted by atomic mass is 19.1. The first kappa shape index (κ1) is 18.1. The molecule has 1 atom stereocenters. The van der Waals surface area contributed by atoms with E-state index < -0.39 is 11.2 Å². The number of carbonyl (C=O) groups excluding carboxylic acids is 1. The summed E-state index contributed by atoms with van der Waals surface area (Å²) in [5.74, 6) is -0.525. The van der Waals surface area contributed by atoms with Crippen LogP contribution in [0.2, 0.25) is 0 Å². The summed E-state index contributed by atoms with van der Waals surface area (Å²) >= 11 is 0. The highest BCUT2D eigenvalue weighted by Gasteiger charge is 2.21. The first-order valence-corrected chi connectivity index (χ1v) is 8.55. The van der Waals surface area contributed by atoms with E-state index in [1.165, 1.54) is 24.4 Å².